The van der Waals surface area contributed by atoms with Crippen molar-refractivity contribution in [2.75, 3.05) is 0 Å². The first kappa shape index (κ1) is 16.4. The molecule has 4 heteroatoms. The number of aliphatic hydroxyl groups is 1. The molecule has 0 heterocycles. The van der Waals surface area contributed by atoms with Crippen LogP contribution in [-0.4, -0.2) is 31.4 Å². The van der Waals surface area contributed by atoms with E-state index in [2.05, 4.69) is 26.6 Å². The smallest absolute Gasteiger partial charge is 0.184 e. The van der Waals surface area contributed by atoms with Crippen LogP contribution in [0.25, 0.3) is 0 Å². The summed E-state index contributed by atoms with van der Waals surface area (Å²) in [6.07, 6.45) is 7.35. The molecule has 2 saturated carbocycles. The van der Waals surface area contributed by atoms with E-state index in [0.717, 1.165) is 32.1 Å². The lowest BCUT2D eigenvalue weighted by atomic mass is 9.52. The van der Waals surface area contributed by atoms with Gasteiger partial charge < -0.3 is 9.53 Å². The van der Waals surface area contributed by atoms with Gasteiger partial charge in [0.15, 0.2) is 14.1 Å². The lowest BCUT2D eigenvalue weighted by molar-refractivity contribution is -0.120. The molecule has 3 rings (SSSR count). The normalized spacial score (nSPS) is 42.4. The van der Waals surface area contributed by atoms with Gasteiger partial charge >= 0.3 is 0 Å². The first-order valence-corrected chi connectivity index (χ1v) is 12.2. The Balaban J connectivity index is 1.96. The molecule has 2 fully saturated rings. The highest BCUT2D eigenvalue weighted by Crippen LogP contribution is 2.57. The molecule has 22 heavy (non-hydrogen) atoms. The van der Waals surface area contributed by atoms with Crippen molar-refractivity contribution in [3.05, 3.63) is 11.6 Å². The van der Waals surface area contributed by atoms with Crippen molar-refractivity contribution >= 4 is 14.1 Å². The first-order valence-electron chi connectivity index (χ1n) is 8.80. The first-order chi connectivity index (χ1) is 10.2. The lowest BCUT2D eigenvalue weighted by Gasteiger charge is -2.56. The van der Waals surface area contributed by atoms with E-state index in [1.54, 1.807) is 0 Å². The third-order valence-corrected chi connectivity index (χ3v) is 7.06. The zero-order valence-electron chi connectivity index (χ0n) is 14.4. The number of carbonyl (C=O) groups is 1. The Hall–Kier alpha value is -0.453. The van der Waals surface area contributed by atoms with Gasteiger partial charge in [-0.05, 0) is 75.1 Å². The third kappa shape index (κ3) is 2.85. The van der Waals surface area contributed by atoms with E-state index >= 15 is 0 Å². The highest BCUT2D eigenvalue weighted by Gasteiger charge is 2.54. The summed E-state index contributed by atoms with van der Waals surface area (Å²) >= 11 is 0. The summed E-state index contributed by atoms with van der Waals surface area (Å²) in [5.74, 6) is 0.992. The third-order valence-electron chi connectivity index (χ3n) is 6.05. The zero-order valence-corrected chi connectivity index (χ0v) is 15.4. The van der Waals surface area contributed by atoms with Gasteiger partial charge in [-0.2, -0.15) is 0 Å². The van der Waals surface area contributed by atoms with Crippen LogP contribution in [-0.2, 0) is 9.22 Å². The molecule has 0 aromatic heterocycles. The molecule has 3 aliphatic rings. The number of hydrogen-bond acceptors (Lipinski definition) is 3. The second-order valence-corrected chi connectivity index (χ2v) is 13.2. The maximum absolute atomic E-state index is 11.8. The van der Waals surface area contributed by atoms with Crippen LogP contribution in [0.4, 0.5) is 0 Å². The van der Waals surface area contributed by atoms with Gasteiger partial charge in [-0.25, -0.2) is 0 Å². The van der Waals surface area contributed by atoms with Gasteiger partial charge in [0.2, 0.25) is 0 Å². The molecule has 124 valence electrons. The van der Waals surface area contributed by atoms with Gasteiger partial charge in [-0.1, -0.05) is 12.5 Å². The number of ketones is 1. The van der Waals surface area contributed by atoms with Crippen molar-refractivity contribution in [3.8, 4) is 0 Å². The Kier molecular flexibility index (Phi) is 4.15. The van der Waals surface area contributed by atoms with Crippen molar-refractivity contribution in [2.24, 2.45) is 17.3 Å². The van der Waals surface area contributed by atoms with Gasteiger partial charge in [0, 0.05) is 12.5 Å². The number of rotatable bonds is 2. The van der Waals surface area contributed by atoms with E-state index < -0.39 is 8.32 Å². The Morgan fingerprint density at radius 3 is 2.64 bits per heavy atom. The monoisotopic (exact) mass is 322 g/mol. The van der Waals surface area contributed by atoms with Crippen LogP contribution < -0.4 is 0 Å². The summed E-state index contributed by atoms with van der Waals surface area (Å²) in [5, 5.41) is 10.5. The standard InChI is InChI=1S/C18H30O3Si/c1-18-10-9-13(19)11-12(18)5-6-14-15(20)7-8-16(17(14)18)21-22(2,3)4/h11,14-17,20H,5-10H2,1-4H3. The van der Waals surface area contributed by atoms with Gasteiger partial charge in [-0.3, -0.25) is 4.79 Å². The average molecular weight is 323 g/mol. The minimum Gasteiger partial charge on any atom is -0.414 e. The summed E-state index contributed by atoms with van der Waals surface area (Å²) in [5.41, 5.74) is 1.37. The lowest BCUT2D eigenvalue weighted by Crippen LogP contribution is -2.55. The van der Waals surface area contributed by atoms with Gasteiger partial charge in [0.1, 0.15) is 0 Å². The molecule has 5 unspecified atom stereocenters. The van der Waals surface area contributed by atoms with Crippen molar-refractivity contribution in [1.82, 2.24) is 0 Å². The zero-order chi connectivity index (χ0) is 16.1. The molecule has 0 bridgehead atoms. The molecule has 1 N–H and O–H groups in total. The molecule has 0 amide bonds. The van der Waals surface area contributed by atoms with E-state index in [4.69, 9.17) is 4.43 Å². The van der Waals surface area contributed by atoms with Gasteiger partial charge in [-0.15, -0.1) is 0 Å². The number of allylic oxidation sites excluding steroid dienone is 2. The molecule has 3 nitrogen and oxygen atoms in total. The van der Waals surface area contributed by atoms with Crippen molar-refractivity contribution in [2.45, 2.75) is 77.3 Å². The number of hydrogen-bond donors (Lipinski definition) is 1. The number of aliphatic hydroxyl groups excluding tert-OH is 1. The Morgan fingerprint density at radius 1 is 1.23 bits per heavy atom. The van der Waals surface area contributed by atoms with Gasteiger partial charge in [0.25, 0.3) is 0 Å². The maximum Gasteiger partial charge on any atom is 0.184 e. The second kappa shape index (κ2) is 5.57. The van der Waals surface area contributed by atoms with E-state index in [1.165, 1.54) is 5.57 Å². The van der Waals surface area contributed by atoms with E-state index in [-0.39, 0.29) is 23.4 Å². The van der Waals surface area contributed by atoms with Crippen LogP contribution in [0.3, 0.4) is 0 Å². The summed E-state index contributed by atoms with van der Waals surface area (Å²) in [6, 6.07) is 0. The van der Waals surface area contributed by atoms with Crippen LogP contribution in [0.15, 0.2) is 11.6 Å². The molecule has 0 aromatic carbocycles. The fourth-order valence-electron chi connectivity index (χ4n) is 5.12. The van der Waals surface area contributed by atoms with Gasteiger partial charge in [0.05, 0.1) is 6.10 Å². The SMILES string of the molecule is CC12CCC(=O)C=C1CCC1C(O)CCC(O[Si](C)(C)C)C12. The van der Waals surface area contributed by atoms with Crippen LogP contribution >= 0.6 is 0 Å². The molecular formula is C18H30O3Si. The predicted octanol–water partition coefficient (Wildman–Crippen LogP) is 3.68. The van der Waals surface area contributed by atoms with Crippen molar-refractivity contribution in [1.29, 1.82) is 0 Å². The van der Waals surface area contributed by atoms with Crippen LogP contribution in [0.5, 0.6) is 0 Å². The quantitative estimate of drug-likeness (QED) is 0.789. The van der Waals surface area contributed by atoms with E-state index in [1.807, 2.05) is 6.08 Å². The fourth-order valence-corrected chi connectivity index (χ4v) is 6.29. The average Bonchev–Trinajstić information content (AvgIpc) is 2.41. The highest BCUT2D eigenvalue weighted by atomic mass is 28.4. The summed E-state index contributed by atoms with van der Waals surface area (Å²) < 4.78 is 6.55. The Bertz CT molecular complexity index is 493. The molecule has 0 aliphatic heterocycles. The highest BCUT2D eigenvalue weighted by molar-refractivity contribution is 6.69. The summed E-state index contributed by atoms with van der Waals surface area (Å²) in [4.78, 5) is 11.8. The molecule has 0 radical (unpaired) electrons. The fraction of sp³-hybridized carbons (Fsp3) is 0.833. The Morgan fingerprint density at radius 2 is 1.95 bits per heavy atom. The van der Waals surface area contributed by atoms with E-state index in [0.29, 0.717) is 18.3 Å². The van der Waals surface area contributed by atoms with Crippen LogP contribution in [0.1, 0.15) is 45.4 Å². The number of carbonyl (C=O) groups excluding carboxylic acids is 1. The molecular weight excluding hydrogens is 292 g/mol. The molecule has 0 aromatic rings. The topological polar surface area (TPSA) is 46.5 Å². The second-order valence-electron chi connectivity index (χ2n) is 8.70. The molecule has 5 atom stereocenters. The van der Waals surface area contributed by atoms with Crippen LogP contribution in [0, 0.1) is 17.3 Å². The molecule has 0 saturated heterocycles. The minimum atomic E-state index is -1.61. The summed E-state index contributed by atoms with van der Waals surface area (Å²) in [6.45, 7) is 9.07. The molecule has 3 aliphatic carbocycles. The maximum atomic E-state index is 11.8. The molecule has 0 spiro atoms. The summed E-state index contributed by atoms with van der Waals surface area (Å²) in [7, 11) is -1.61. The predicted molar refractivity (Wildman–Crippen MR) is 90.1 cm³/mol. The number of fused-ring (bicyclic) bond motifs is 3. The van der Waals surface area contributed by atoms with Crippen LogP contribution in [0.2, 0.25) is 19.6 Å². The van der Waals surface area contributed by atoms with E-state index in [9.17, 15) is 9.90 Å². The van der Waals surface area contributed by atoms with Crippen molar-refractivity contribution < 1.29 is 14.3 Å². The Labute approximate surface area is 135 Å². The minimum absolute atomic E-state index is 0.0442. The van der Waals surface area contributed by atoms with Crippen molar-refractivity contribution in [3.63, 3.8) is 0 Å². The largest absolute Gasteiger partial charge is 0.414 e.